The maximum Gasteiger partial charge on any atom is 1.00 e. The topological polar surface area (TPSA) is 57.2 Å². The van der Waals surface area contributed by atoms with Crippen LogP contribution in [0.4, 0.5) is 0 Å². The summed E-state index contributed by atoms with van der Waals surface area (Å²) in [5.74, 6) is 0.992. The molecule has 8 heavy (non-hydrogen) atoms. The number of terminal acetylenes is 1. The van der Waals surface area contributed by atoms with Crippen LogP contribution in [-0.2, 0) is 10.1 Å². The molecule has 0 bridgehead atoms. The van der Waals surface area contributed by atoms with Gasteiger partial charge in [-0.25, -0.2) is 8.42 Å². The van der Waals surface area contributed by atoms with Gasteiger partial charge in [0.25, 0.3) is 0 Å². The van der Waals surface area contributed by atoms with E-state index < -0.39 is 15.9 Å². The number of rotatable bonds is 1. The van der Waals surface area contributed by atoms with Gasteiger partial charge in [0.15, 0.2) is 0 Å². The Kier molecular flexibility index (Phi) is 7.31. The van der Waals surface area contributed by atoms with Gasteiger partial charge in [-0.15, -0.1) is 6.42 Å². The molecule has 5 heteroatoms. The van der Waals surface area contributed by atoms with E-state index in [-0.39, 0.29) is 51.4 Å². The quantitative estimate of drug-likeness (QED) is 0.223. The molecule has 0 aliphatic carbocycles. The van der Waals surface area contributed by atoms with E-state index in [0.717, 1.165) is 0 Å². The van der Waals surface area contributed by atoms with Gasteiger partial charge in [-0.2, -0.15) is 0 Å². The molecule has 0 heterocycles. The summed E-state index contributed by atoms with van der Waals surface area (Å²) >= 11 is 0. The Morgan fingerprint density at radius 2 is 2.00 bits per heavy atom. The van der Waals surface area contributed by atoms with Gasteiger partial charge < -0.3 is 4.55 Å². The van der Waals surface area contributed by atoms with Gasteiger partial charge >= 0.3 is 51.4 Å². The van der Waals surface area contributed by atoms with Crippen molar-refractivity contribution in [2.24, 2.45) is 0 Å². The standard InChI is InChI=1S/C3H4O3S.K/c1-2-3-7(4,5)6;/h1H,3H2,(H,4,5,6);/q;+1/p-1. The average molecular weight is 158 g/mol. The van der Waals surface area contributed by atoms with Crippen LogP contribution < -0.4 is 51.4 Å². The zero-order chi connectivity index (χ0) is 5.91. The molecule has 0 atom stereocenters. The number of hydrogen-bond acceptors (Lipinski definition) is 3. The smallest absolute Gasteiger partial charge is 0.747 e. The third kappa shape index (κ3) is 10.2. The van der Waals surface area contributed by atoms with Gasteiger partial charge in [-0.05, 0) is 0 Å². The third-order valence-electron chi connectivity index (χ3n) is 0.260. The molecule has 0 amide bonds. The molecule has 0 aliphatic rings. The second-order valence-corrected chi connectivity index (χ2v) is 2.31. The molecule has 0 radical (unpaired) electrons. The summed E-state index contributed by atoms with van der Waals surface area (Å²) < 4.78 is 28.6. The molecule has 0 rings (SSSR count). The molecular weight excluding hydrogens is 155 g/mol. The van der Waals surface area contributed by atoms with E-state index in [0.29, 0.717) is 0 Å². The van der Waals surface area contributed by atoms with Gasteiger partial charge in [-0.3, -0.25) is 0 Å². The minimum atomic E-state index is -4.16. The van der Waals surface area contributed by atoms with E-state index in [1.807, 2.05) is 0 Å². The minimum absolute atomic E-state index is 0. The van der Waals surface area contributed by atoms with E-state index in [2.05, 4.69) is 6.42 Å². The zero-order valence-corrected chi connectivity index (χ0v) is 8.36. The van der Waals surface area contributed by atoms with Crippen molar-refractivity contribution in [2.75, 3.05) is 5.75 Å². The summed E-state index contributed by atoms with van der Waals surface area (Å²) in [7, 11) is -4.16. The molecule has 0 unspecified atom stereocenters. The Hall–Kier alpha value is 1.11. The fraction of sp³-hybridized carbons (Fsp3) is 0.333. The van der Waals surface area contributed by atoms with Crippen LogP contribution in [0, 0.1) is 12.3 Å². The van der Waals surface area contributed by atoms with Crippen LogP contribution in [0.5, 0.6) is 0 Å². The van der Waals surface area contributed by atoms with Gasteiger partial charge in [-0.1, -0.05) is 5.92 Å². The Morgan fingerprint density at radius 3 is 2.00 bits per heavy atom. The van der Waals surface area contributed by atoms with Crippen LogP contribution in [0.15, 0.2) is 0 Å². The van der Waals surface area contributed by atoms with Crippen LogP contribution in [0.3, 0.4) is 0 Å². The normalized spacial score (nSPS) is 9.00. The SMILES string of the molecule is C#CCS(=O)(=O)[O-].[K+]. The molecule has 0 aliphatic heterocycles. The van der Waals surface area contributed by atoms with Crippen LogP contribution in [0.25, 0.3) is 0 Å². The first kappa shape index (κ1) is 11.8. The molecule has 3 nitrogen and oxygen atoms in total. The van der Waals surface area contributed by atoms with Crippen molar-refractivity contribution in [3.63, 3.8) is 0 Å². The maximum atomic E-state index is 9.53. The Bertz CT molecular complexity index is 175. The van der Waals surface area contributed by atoms with Crippen molar-refractivity contribution in [3.05, 3.63) is 0 Å². The Morgan fingerprint density at radius 1 is 1.62 bits per heavy atom. The molecule has 0 saturated carbocycles. The molecule has 0 saturated heterocycles. The van der Waals surface area contributed by atoms with Crippen molar-refractivity contribution < 1.29 is 64.4 Å². The summed E-state index contributed by atoms with van der Waals surface area (Å²) in [5.41, 5.74) is 0. The van der Waals surface area contributed by atoms with Crippen LogP contribution >= 0.6 is 0 Å². The van der Waals surface area contributed by atoms with Crippen LogP contribution in [0.1, 0.15) is 0 Å². The summed E-state index contributed by atoms with van der Waals surface area (Å²) in [5, 5.41) is 0. The van der Waals surface area contributed by atoms with E-state index >= 15 is 0 Å². The largest absolute Gasteiger partial charge is 1.00 e. The Balaban J connectivity index is 0. The first-order chi connectivity index (χ1) is 3.06. The average Bonchev–Trinajstić information content (AvgIpc) is 1.30. The van der Waals surface area contributed by atoms with Crippen molar-refractivity contribution in [2.45, 2.75) is 0 Å². The van der Waals surface area contributed by atoms with E-state index in [9.17, 15) is 13.0 Å². The minimum Gasteiger partial charge on any atom is -0.747 e. The van der Waals surface area contributed by atoms with Crippen molar-refractivity contribution in [3.8, 4) is 12.3 Å². The molecular formula is C3H3KO3S. The van der Waals surface area contributed by atoms with Gasteiger partial charge in [0.2, 0.25) is 0 Å². The van der Waals surface area contributed by atoms with Crippen molar-refractivity contribution >= 4 is 10.1 Å². The Labute approximate surface area is 91.0 Å². The molecule has 0 aromatic rings. The van der Waals surface area contributed by atoms with Gasteiger partial charge in [0.1, 0.15) is 10.1 Å². The third-order valence-corrected chi connectivity index (χ3v) is 0.780. The number of hydrogen-bond donors (Lipinski definition) is 0. The summed E-state index contributed by atoms with van der Waals surface area (Å²) in [4.78, 5) is 0. The fourth-order valence-corrected chi connectivity index (χ4v) is 0.306. The molecule has 40 valence electrons. The zero-order valence-electron chi connectivity index (χ0n) is 4.42. The van der Waals surface area contributed by atoms with Crippen LogP contribution in [0.2, 0.25) is 0 Å². The van der Waals surface area contributed by atoms with Crippen molar-refractivity contribution in [1.82, 2.24) is 0 Å². The van der Waals surface area contributed by atoms with Gasteiger partial charge in [0, 0.05) is 0 Å². The van der Waals surface area contributed by atoms with Crippen LogP contribution in [-0.4, -0.2) is 18.7 Å². The predicted molar refractivity (Wildman–Crippen MR) is 23.4 cm³/mol. The summed E-state index contributed by atoms with van der Waals surface area (Å²) in [6.45, 7) is 0. The molecule has 0 spiro atoms. The van der Waals surface area contributed by atoms with E-state index in [4.69, 9.17) is 0 Å². The first-order valence-corrected chi connectivity index (χ1v) is 3.01. The summed E-state index contributed by atoms with van der Waals surface area (Å²) in [6.07, 6.45) is 4.49. The fourth-order valence-electron chi connectivity index (χ4n) is 0.102. The molecule has 0 aromatic heterocycles. The second-order valence-electron chi connectivity index (χ2n) is 0.906. The monoisotopic (exact) mass is 158 g/mol. The van der Waals surface area contributed by atoms with E-state index in [1.165, 1.54) is 0 Å². The predicted octanol–water partition coefficient (Wildman–Crippen LogP) is -3.83. The van der Waals surface area contributed by atoms with Gasteiger partial charge in [0.05, 0.1) is 5.75 Å². The van der Waals surface area contributed by atoms with Crippen molar-refractivity contribution in [1.29, 1.82) is 0 Å². The maximum absolute atomic E-state index is 9.53. The first-order valence-electron chi connectivity index (χ1n) is 1.43. The molecule has 0 fully saturated rings. The molecule has 0 aromatic carbocycles. The molecule has 0 N–H and O–H groups in total. The second kappa shape index (κ2) is 4.94. The summed E-state index contributed by atoms with van der Waals surface area (Å²) in [6, 6.07) is 0. The van der Waals surface area contributed by atoms with E-state index in [1.54, 1.807) is 5.92 Å².